The van der Waals surface area contributed by atoms with E-state index in [0.717, 1.165) is 49.6 Å². The van der Waals surface area contributed by atoms with Gasteiger partial charge in [-0.25, -0.2) is 4.68 Å². The molecule has 27 heavy (non-hydrogen) atoms. The lowest BCUT2D eigenvalue weighted by atomic mass is 9.93. The summed E-state index contributed by atoms with van der Waals surface area (Å²) in [6.07, 6.45) is 6.14. The van der Waals surface area contributed by atoms with Crippen LogP contribution in [0, 0.1) is 6.92 Å². The first-order valence-corrected chi connectivity index (χ1v) is 9.55. The smallest absolute Gasteiger partial charge is 0.137 e. The molecule has 0 saturated carbocycles. The second-order valence-electron chi connectivity index (χ2n) is 7.26. The van der Waals surface area contributed by atoms with E-state index in [0.29, 0.717) is 5.92 Å². The summed E-state index contributed by atoms with van der Waals surface area (Å²) in [6.45, 7) is 5.16. The van der Waals surface area contributed by atoms with Gasteiger partial charge in [0, 0.05) is 24.4 Å². The molecule has 0 spiro atoms. The number of ether oxygens (including phenoxy) is 1. The Morgan fingerprint density at radius 1 is 1.04 bits per heavy atom. The van der Waals surface area contributed by atoms with Gasteiger partial charge >= 0.3 is 0 Å². The van der Waals surface area contributed by atoms with Crippen LogP contribution in [0.1, 0.15) is 35.7 Å². The van der Waals surface area contributed by atoms with Crippen molar-refractivity contribution in [2.24, 2.45) is 0 Å². The van der Waals surface area contributed by atoms with Crippen LogP contribution >= 0.6 is 0 Å². The first-order chi connectivity index (χ1) is 13.2. The number of likely N-dealkylation sites (tertiary alicyclic amines) is 1. The fraction of sp³-hybridized carbons (Fsp3) is 0.364. The van der Waals surface area contributed by atoms with Crippen molar-refractivity contribution in [3.63, 3.8) is 0 Å². The molecule has 0 amide bonds. The van der Waals surface area contributed by atoms with Crippen LogP contribution in [-0.2, 0) is 6.54 Å². The van der Waals surface area contributed by atoms with Crippen molar-refractivity contribution in [1.29, 1.82) is 0 Å². The Hall–Kier alpha value is -2.66. The van der Waals surface area contributed by atoms with E-state index in [1.807, 2.05) is 23.1 Å². The Balaban J connectivity index is 1.33. The maximum Gasteiger partial charge on any atom is 0.137 e. The standard InChI is InChI=1S/C22H26N4O/c1-17-3-5-20(6-4-17)26-14-11-19(24-26)16-25-12-9-18(10-13-25)22-8-7-21(27-2)15-23-22/h3-8,11,14-15,18H,9-10,12-13,16H2,1-2H3. The molecule has 1 aromatic carbocycles. The maximum absolute atomic E-state index is 5.20. The summed E-state index contributed by atoms with van der Waals surface area (Å²) < 4.78 is 7.16. The van der Waals surface area contributed by atoms with Crippen LogP contribution < -0.4 is 4.74 Å². The molecule has 0 aliphatic carbocycles. The fourth-order valence-electron chi connectivity index (χ4n) is 3.66. The summed E-state index contributed by atoms with van der Waals surface area (Å²) in [4.78, 5) is 7.05. The number of hydrogen-bond acceptors (Lipinski definition) is 4. The number of aryl methyl sites for hydroxylation is 1. The minimum atomic E-state index is 0.539. The van der Waals surface area contributed by atoms with Gasteiger partial charge in [0.05, 0.1) is 24.7 Å². The van der Waals surface area contributed by atoms with E-state index in [9.17, 15) is 0 Å². The predicted molar refractivity (Wildman–Crippen MR) is 106 cm³/mol. The van der Waals surface area contributed by atoms with Crippen molar-refractivity contribution >= 4 is 0 Å². The van der Waals surface area contributed by atoms with Crippen LogP contribution in [0.3, 0.4) is 0 Å². The number of pyridine rings is 1. The third kappa shape index (κ3) is 4.19. The lowest BCUT2D eigenvalue weighted by molar-refractivity contribution is 0.201. The molecular formula is C22H26N4O. The monoisotopic (exact) mass is 362 g/mol. The highest BCUT2D eigenvalue weighted by Gasteiger charge is 2.22. The number of methoxy groups -OCH3 is 1. The van der Waals surface area contributed by atoms with Crippen LogP contribution in [0.2, 0.25) is 0 Å². The lowest BCUT2D eigenvalue weighted by Gasteiger charge is -2.31. The maximum atomic E-state index is 5.20. The SMILES string of the molecule is COc1ccc(C2CCN(Cc3ccn(-c4ccc(C)cc4)n3)CC2)nc1. The molecule has 1 saturated heterocycles. The lowest BCUT2D eigenvalue weighted by Crippen LogP contribution is -2.32. The molecule has 1 aliphatic heterocycles. The summed E-state index contributed by atoms with van der Waals surface area (Å²) in [6, 6.07) is 14.7. The predicted octanol–water partition coefficient (Wildman–Crippen LogP) is 3.96. The molecule has 4 rings (SSSR count). The van der Waals surface area contributed by atoms with Gasteiger partial charge in [0.15, 0.2) is 0 Å². The van der Waals surface area contributed by atoms with E-state index >= 15 is 0 Å². The molecular weight excluding hydrogens is 336 g/mol. The van der Waals surface area contributed by atoms with Crippen molar-refractivity contribution in [3.8, 4) is 11.4 Å². The van der Waals surface area contributed by atoms with Crippen molar-refractivity contribution in [2.45, 2.75) is 32.2 Å². The molecule has 0 bridgehead atoms. The van der Waals surface area contributed by atoms with Crippen molar-refractivity contribution < 1.29 is 4.74 Å². The summed E-state index contributed by atoms with van der Waals surface area (Å²) >= 11 is 0. The van der Waals surface area contributed by atoms with E-state index < -0.39 is 0 Å². The topological polar surface area (TPSA) is 43.2 Å². The molecule has 1 aliphatic rings. The molecule has 0 atom stereocenters. The van der Waals surface area contributed by atoms with Gasteiger partial charge in [0.25, 0.3) is 0 Å². The highest BCUT2D eigenvalue weighted by molar-refractivity contribution is 5.33. The zero-order valence-electron chi connectivity index (χ0n) is 16.0. The molecule has 0 unspecified atom stereocenters. The summed E-state index contributed by atoms with van der Waals surface area (Å²) in [5.74, 6) is 1.36. The van der Waals surface area contributed by atoms with Crippen LogP contribution in [0.25, 0.3) is 5.69 Å². The number of piperidine rings is 1. The Labute approximate surface area is 160 Å². The van der Waals surface area contributed by atoms with Crippen LogP contribution in [0.4, 0.5) is 0 Å². The molecule has 2 aromatic heterocycles. The van der Waals surface area contributed by atoms with E-state index in [4.69, 9.17) is 9.84 Å². The second-order valence-corrected chi connectivity index (χ2v) is 7.26. The number of aromatic nitrogens is 3. The van der Waals surface area contributed by atoms with Crippen LogP contribution in [0.5, 0.6) is 5.75 Å². The van der Waals surface area contributed by atoms with Crippen molar-refractivity contribution in [3.05, 3.63) is 71.8 Å². The van der Waals surface area contributed by atoms with Crippen LogP contribution in [0.15, 0.2) is 54.9 Å². The van der Waals surface area contributed by atoms with Crippen LogP contribution in [-0.4, -0.2) is 39.9 Å². The molecule has 140 valence electrons. The molecule has 5 heteroatoms. The Bertz CT molecular complexity index is 862. The summed E-state index contributed by atoms with van der Waals surface area (Å²) in [5.41, 5.74) is 4.67. The van der Waals surface area contributed by atoms with Gasteiger partial charge in [-0.1, -0.05) is 17.7 Å². The molecule has 1 fully saturated rings. The van der Waals surface area contributed by atoms with Gasteiger partial charge < -0.3 is 4.74 Å². The average Bonchev–Trinajstić information content (AvgIpc) is 3.18. The molecule has 3 aromatic rings. The number of benzene rings is 1. The van der Waals surface area contributed by atoms with Crippen molar-refractivity contribution in [2.75, 3.05) is 20.2 Å². The van der Waals surface area contributed by atoms with Gasteiger partial charge in [0.1, 0.15) is 5.75 Å². The molecule has 5 nitrogen and oxygen atoms in total. The zero-order valence-corrected chi connectivity index (χ0v) is 16.0. The molecule has 0 radical (unpaired) electrons. The number of nitrogens with zero attached hydrogens (tertiary/aromatic N) is 4. The Kier molecular flexibility index (Phi) is 5.21. The molecule has 0 N–H and O–H groups in total. The minimum Gasteiger partial charge on any atom is -0.495 e. The normalized spacial score (nSPS) is 15.8. The fourth-order valence-corrected chi connectivity index (χ4v) is 3.66. The van der Waals surface area contributed by atoms with E-state index in [2.05, 4.69) is 53.2 Å². The first kappa shape index (κ1) is 17.7. The Morgan fingerprint density at radius 3 is 2.48 bits per heavy atom. The quantitative estimate of drug-likeness (QED) is 0.689. The van der Waals surface area contributed by atoms with E-state index in [1.54, 1.807) is 7.11 Å². The Morgan fingerprint density at radius 2 is 1.81 bits per heavy atom. The second kappa shape index (κ2) is 7.92. The van der Waals surface area contributed by atoms with Crippen molar-refractivity contribution in [1.82, 2.24) is 19.7 Å². The third-order valence-corrected chi connectivity index (χ3v) is 5.33. The van der Waals surface area contributed by atoms with Gasteiger partial charge in [-0.05, 0) is 63.2 Å². The highest BCUT2D eigenvalue weighted by atomic mass is 16.5. The van der Waals surface area contributed by atoms with E-state index in [-0.39, 0.29) is 0 Å². The third-order valence-electron chi connectivity index (χ3n) is 5.33. The first-order valence-electron chi connectivity index (χ1n) is 9.55. The van der Waals surface area contributed by atoms with Gasteiger partial charge in [0.2, 0.25) is 0 Å². The van der Waals surface area contributed by atoms with E-state index in [1.165, 1.54) is 11.3 Å². The summed E-state index contributed by atoms with van der Waals surface area (Å²) in [5, 5.41) is 4.75. The zero-order chi connectivity index (χ0) is 18.6. The van der Waals surface area contributed by atoms with Gasteiger partial charge in [-0.2, -0.15) is 5.10 Å². The van der Waals surface area contributed by atoms with Gasteiger partial charge in [-0.15, -0.1) is 0 Å². The van der Waals surface area contributed by atoms with Gasteiger partial charge in [-0.3, -0.25) is 9.88 Å². The largest absolute Gasteiger partial charge is 0.495 e. The highest BCUT2D eigenvalue weighted by Crippen LogP contribution is 2.28. The molecule has 3 heterocycles. The summed E-state index contributed by atoms with van der Waals surface area (Å²) in [7, 11) is 1.68. The number of hydrogen-bond donors (Lipinski definition) is 0. The number of rotatable bonds is 5. The minimum absolute atomic E-state index is 0.539. The average molecular weight is 362 g/mol.